The number of carbonyl (C=O) groups is 1. The summed E-state index contributed by atoms with van der Waals surface area (Å²) in [5, 5.41) is 0. The molecule has 0 N–H and O–H groups in total. The lowest BCUT2D eigenvalue weighted by Crippen LogP contribution is -1.91. The Morgan fingerprint density at radius 2 is 1.41 bits per heavy atom. The molecule has 0 atom stereocenters. The summed E-state index contributed by atoms with van der Waals surface area (Å²) in [6, 6.07) is 15.9. The van der Waals surface area contributed by atoms with Crippen molar-refractivity contribution >= 4 is 23.5 Å². The first-order chi connectivity index (χ1) is 10.7. The second-order valence-electron chi connectivity index (χ2n) is 5.21. The zero-order valence-electron chi connectivity index (χ0n) is 13.0. The summed E-state index contributed by atoms with van der Waals surface area (Å²) < 4.78 is 0. The van der Waals surface area contributed by atoms with Gasteiger partial charge < -0.3 is 0 Å². The fourth-order valence-corrected chi connectivity index (χ4v) is 2.52. The Hall–Kier alpha value is -2.67. The van der Waals surface area contributed by atoms with Gasteiger partial charge in [-0.3, -0.25) is 4.79 Å². The largest absolute Gasteiger partial charge is 0.298 e. The fraction of sp³-hybridized carbons (Fsp3) is 0.0952. The number of benzene rings is 2. The van der Waals surface area contributed by atoms with Crippen molar-refractivity contribution in [3.8, 4) is 0 Å². The molecule has 0 radical (unpaired) electrons. The Balaban J connectivity index is 2.51. The molecule has 0 aliphatic carbocycles. The van der Waals surface area contributed by atoms with Gasteiger partial charge in [0.25, 0.3) is 0 Å². The van der Waals surface area contributed by atoms with Crippen molar-refractivity contribution < 1.29 is 4.79 Å². The highest BCUT2D eigenvalue weighted by Gasteiger charge is 2.05. The van der Waals surface area contributed by atoms with Crippen LogP contribution in [-0.2, 0) is 0 Å². The summed E-state index contributed by atoms with van der Waals surface area (Å²) in [4.78, 5) is 11.2. The van der Waals surface area contributed by atoms with E-state index in [1.165, 1.54) is 11.1 Å². The summed E-state index contributed by atoms with van der Waals surface area (Å²) in [6.07, 6.45) is 6.82. The van der Waals surface area contributed by atoms with Gasteiger partial charge in [-0.25, -0.2) is 0 Å². The summed E-state index contributed by atoms with van der Waals surface area (Å²) in [6.45, 7) is 7.86. The van der Waals surface area contributed by atoms with Crippen LogP contribution in [-0.4, -0.2) is 6.29 Å². The van der Waals surface area contributed by atoms with E-state index >= 15 is 0 Å². The van der Waals surface area contributed by atoms with Gasteiger partial charge in [-0.1, -0.05) is 73.3 Å². The Morgan fingerprint density at radius 1 is 0.864 bits per heavy atom. The molecule has 2 aromatic rings. The monoisotopic (exact) mass is 288 g/mol. The van der Waals surface area contributed by atoms with Gasteiger partial charge in [-0.15, -0.1) is 0 Å². The molecule has 0 amide bonds. The summed E-state index contributed by atoms with van der Waals surface area (Å²) in [7, 11) is 0. The molecule has 22 heavy (non-hydrogen) atoms. The molecule has 0 unspecified atom stereocenters. The van der Waals surface area contributed by atoms with Crippen LogP contribution >= 0.6 is 0 Å². The van der Waals surface area contributed by atoms with E-state index in [0.29, 0.717) is 5.56 Å². The molecule has 0 bridgehead atoms. The van der Waals surface area contributed by atoms with E-state index in [1.807, 2.05) is 49.4 Å². The third kappa shape index (κ3) is 3.50. The number of hydrogen-bond acceptors (Lipinski definition) is 1. The van der Waals surface area contributed by atoms with E-state index in [2.05, 4.69) is 31.7 Å². The number of carbonyl (C=O) groups excluding carboxylic acids is 1. The molecule has 0 aliphatic heterocycles. The number of aldehydes is 1. The molecule has 2 aromatic carbocycles. The van der Waals surface area contributed by atoms with Gasteiger partial charge in [-0.2, -0.15) is 0 Å². The molecule has 0 saturated carbocycles. The van der Waals surface area contributed by atoms with E-state index < -0.39 is 0 Å². The fourth-order valence-electron chi connectivity index (χ4n) is 2.52. The van der Waals surface area contributed by atoms with Gasteiger partial charge in [0, 0.05) is 5.56 Å². The first kappa shape index (κ1) is 15.7. The average Bonchev–Trinajstić information content (AvgIpc) is 2.55. The first-order valence-corrected chi connectivity index (χ1v) is 7.29. The van der Waals surface area contributed by atoms with Crippen molar-refractivity contribution in [3.05, 3.63) is 89.5 Å². The molecule has 0 aromatic heterocycles. The topological polar surface area (TPSA) is 17.1 Å². The lowest BCUT2D eigenvalue weighted by atomic mass is 9.95. The number of rotatable bonds is 5. The predicted octanol–water partition coefficient (Wildman–Crippen LogP) is 5.65. The maximum atomic E-state index is 11.2. The van der Waals surface area contributed by atoms with Crippen LogP contribution < -0.4 is 0 Å². The Labute approximate surface area is 132 Å². The second kappa shape index (κ2) is 7.37. The zero-order valence-corrected chi connectivity index (χ0v) is 13.0. The van der Waals surface area contributed by atoms with Crippen molar-refractivity contribution in [2.24, 2.45) is 0 Å². The van der Waals surface area contributed by atoms with Crippen LogP contribution in [0, 0.1) is 0 Å². The highest BCUT2D eigenvalue weighted by Crippen LogP contribution is 2.25. The minimum Gasteiger partial charge on any atom is -0.298 e. The maximum absolute atomic E-state index is 11.2. The number of hydrogen-bond donors (Lipinski definition) is 0. The van der Waals surface area contributed by atoms with Crippen molar-refractivity contribution in [1.82, 2.24) is 0 Å². The quantitative estimate of drug-likeness (QED) is 0.395. The predicted molar refractivity (Wildman–Crippen MR) is 95.7 cm³/mol. The van der Waals surface area contributed by atoms with Crippen LogP contribution in [0.5, 0.6) is 0 Å². The van der Waals surface area contributed by atoms with Gasteiger partial charge in [0.2, 0.25) is 0 Å². The van der Waals surface area contributed by atoms with Crippen LogP contribution in [0.25, 0.3) is 17.2 Å². The van der Waals surface area contributed by atoms with Crippen molar-refractivity contribution in [3.63, 3.8) is 0 Å². The van der Waals surface area contributed by atoms with Crippen LogP contribution in [0.15, 0.2) is 67.3 Å². The van der Waals surface area contributed by atoms with Gasteiger partial charge in [-0.05, 0) is 41.7 Å². The van der Waals surface area contributed by atoms with Gasteiger partial charge >= 0.3 is 0 Å². The van der Waals surface area contributed by atoms with Gasteiger partial charge in [0.1, 0.15) is 0 Å². The second-order valence-corrected chi connectivity index (χ2v) is 5.21. The molecule has 0 fully saturated rings. The average molecular weight is 288 g/mol. The van der Waals surface area contributed by atoms with E-state index in [0.717, 1.165) is 23.0 Å². The Bertz CT molecular complexity index is 748. The lowest BCUT2D eigenvalue weighted by molar-refractivity contribution is 0.112. The van der Waals surface area contributed by atoms with Crippen LogP contribution in [0.1, 0.15) is 40.9 Å². The highest BCUT2D eigenvalue weighted by molar-refractivity contribution is 5.91. The van der Waals surface area contributed by atoms with Crippen molar-refractivity contribution in [2.75, 3.05) is 0 Å². The maximum Gasteiger partial charge on any atom is 0.150 e. The molecule has 0 spiro atoms. The van der Waals surface area contributed by atoms with E-state index in [-0.39, 0.29) is 0 Å². The first-order valence-electron chi connectivity index (χ1n) is 7.29. The Morgan fingerprint density at radius 3 is 2.00 bits per heavy atom. The smallest absolute Gasteiger partial charge is 0.150 e. The zero-order chi connectivity index (χ0) is 15.9. The minimum absolute atomic E-state index is 0.715. The minimum atomic E-state index is 0.715. The van der Waals surface area contributed by atoms with E-state index in [1.54, 1.807) is 6.08 Å². The molecule has 1 heteroatoms. The molecule has 0 aliphatic rings. The third-order valence-corrected chi connectivity index (χ3v) is 3.64. The number of allylic oxidation sites excluding steroid dienone is 4. The highest BCUT2D eigenvalue weighted by atomic mass is 16.1. The molecular weight excluding hydrogens is 268 g/mol. The van der Waals surface area contributed by atoms with Gasteiger partial charge in [0.05, 0.1) is 0 Å². The summed E-state index contributed by atoms with van der Waals surface area (Å²) in [5.41, 5.74) is 6.23. The molecule has 1 nitrogen and oxygen atoms in total. The van der Waals surface area contributed by atoms with E-state index in [9.17, 15) is 4.79 Å². The van der Waals surface area contributed by atoms with Crippen LogP contribution in [0.3, 0.4) is 0 Å². The SMILES string of the molecule is C=C/C=C(\C)c1ccccc1/C=C(\C)c1ccccc1C=O. The third-order valence-electron chi connectivity index (χ3n) is 3.64. The normalized spacial score (nSPS) is 12.1. The summed E-state index contributed by atoms with van der Waals surface area (Å²) in [5.74, 6) is 0. The lowest BCUT2D eigenvalue weighted by Gasteiger charge is -2.09. The molecule has 110 valence electrons. The molecule has 0 saturated heterocycles. The molecular formula is C21H20O. The van der Waals surface area contributed by atoms with Crippen LogP contribution in [0.4, 0.5) is 0 Å². The standard InChI is InChI=1S/C21H20O/c1-4-9-16(2)20-12-7-5-10-18(20)14-17(3)21-13-8-6-11-19(21)15-22/h4-15H,1H2,2-3H3/b16-9+,17-14+. The molecule has 0 heterocycles. The Kier molecular flexibility index (Phi) is 5.26. The van der Waals surface area contributed by atoms with Crippen molar-refractivity contribution in [1.29, 1.82) is 0 Å². The van der Waals surface area contributed by atoms with Crippen LogP contribution in [0.2, 0.25) is 0 Å². The molecule has 2 rings (SSSR count). The van der Waals surface area contributed by atoms with Gasteiger partial charge in [0.15, 0.2) is 6.29 Å². The van der Waals surface area contributed by atoms with E-state index in [4.69, 9.17) is 0 Å². The van der Waals surface area contributed by atoms with Crippen molar-refractivity contribution in [2.45, 2.75) is 13.8 Å². The summed E-state index contributed by atoms with van der Waals surface area (Å²) >= 11 is 0.